The van der Waals surface area contributed by atoms with Crippen LogP contribution in [0.4, 0.5) is 5.82 Å². The van der Waals surface area contributed by atoms with Gasteiger partial charge in [-0.3, -0.25) is 4.90 Å². The van der Waals surface area contributed by atoms with Gasteiger partial charge in [0, 0.05) is 30.5 Å². The minimum Gasteiger partial charge on any atom is -0.465 e. The van der Waals surface area contributed by atoms with Crippen molar-refractivity contribution >= 4 is 33.7 Å². The second-order valence-corrected chi connectivity index (χ2v) is 6.56. The number of fused-ring (bicyclic) bond motifs is 3. The van der Waals surface area contributed by atoms with E-state index < -0.39 is 0 Å². The lowest BCUT2D eigenvalue weighted by Crippen LogP contribution is -2.37. The number of nitrogens with zero attached hydrogens (tertiary/aromatic N) is 3. The molecule has 8 nitrogen and oxygen atoms in total. The number of nitrogens with one attached hydrogen (secondary N) is 2. The van der Waals surface area contributed by atoms with E-state index in [4.69, 9.17) is 9.47 Å². The molecule has 0 spiro atoms. The number of anilines is 1. The van der Waals surface area contributed by atoms with Crippen molar-refractivity contribution in [3.05, 3.63) is 30.1 Å². The van der Waals surface area contributed by atoms with E-state index in [1.165, 1.54) is 7.11 Å². The topological polar surface area (TPSA) is 92.4 Å². The van der Waals surface area contributed by atoms with Gasteiger partial charge in [-0.25, -0.2) is 14.8 Å². The van der Waals surface area contributed by atoms with Crippen LogP contribution in [-0.4, -0.2) is 72.3 Å². The highest BCUT2D eigenvalue weighted by Crippen LogP contribution is 2.29. The molecule has 1 saturated heterocycles. The molecule has 0 saturated carbocycles. The fourth-order valence-electron chi connectivity index (χ4n) is 3.44. The smallest absolute Gasteiger partial charge is 0.337 e. The standard InChI is InChI=1S/C19H23N5O3/c1-26-19(25)13-3-4-14-15(11-13)23-18-16(14)17(21-12-22-18)20-5-2-6-24-7-9-27-10-8-24/h3-4,11-12H,2,5-10H2,1H3,(H2,20,21,22,23). The molecule has 142 valence electrons. The number of ether oxygens (including phenoxy) is 2. The summed E-state index contributed by atoms with van der Waals surface area (Å²) in [6.45, 7) is 5.52. The monoisotopic (exact) mass is 369 g/mol. The Morgan fingerprint density at radius 1 is 1.33 bits per heavy atom. The van der Waals surface area contributed by atoms with E-state index in [-0.39, 0.29) is 5.97 Å². The summed E-state index contributed by atoms with van der Waals surface area (Å²) in [5, 5.41) is 5.35. The van der Waals surface area contributed by atoms with Crippen molar-refractivity contribution < 1.29 is 14.3 Å². The molecule has 4 rings (SSSR count). The van der Waals surface area contributed by atoms with Crippen molar-refractivity contribution in [2.24, 2.45) is 0 Å². The minimum absolute atomic E-state index is 0.358. The van der Waals surface area contributed by atoms with Crippen LogP contribution in [0.25, 0.3) is 21.9 Å². The fraction of sp³-hybridized carbons (Fsp3) is 0.421. The molecule has 2 N–H and O–H groups in total. The van der Waals surface area contributed by atoms with E-state index in [0.29, 0.717) is 5.56 Å². The summed E-state index contributed by atoms with van der Waals surface area (Å²) in [7, 11) is 1.38. The molecule has 8 heteroatoms. The normalized spacial score (nSPS) is 15.3. The van der Waals surface area contributed by atoms with Gasteiger partial charge in [0.2, 0.25) is 0 Å². The Balaban J connectivity index is 1.51. The van der Waals surface area contributed by atoms with E-state index >= 15 is 0 Å². The Labute approximate surface area is 156 Å². The number of morpholine rings is 1. The molecular formula is C19H23N5O3. The van der Waals surface area contributed by atoms with Crippen LogP contribution in [0.1, 0.15) is 16.8 Å². The van der Waals surface area contributed by atoms with Gasteiger partial charge in [0.15, 0.2) is 0 Å². The fourth-order valence-corrected chi connectivity index (χ4v) is 3.44. The van der Waals surface area contributed by atoms with Crippen LogP contribution in [0.5, 0.6) is 0 Å². The minimum atomic E-state index is -0.358. The van der Waals surface area contributed by atoms with Crippen LogP contribution in [0.15, 0.2) is 24.5 Å². The zero-order valence-corrected chi connectivity index (χ0v) is 15.3. The first-order chi connectivity index (χ1) is 13.3. The summed E-state index contributed by atoms with van der Waals surface area (Å²) in [4.78, 5) is 26.2. The number of benzene rings is 1. The van der Waals surface area contributed by atoms with Crippen molar-refractivity contribution in [3.8, 4) is 0 Å². The first-order valence-corrected chi connectivity index (χ1v) is 9.15. The Morgan fingerprint density at radius 3 is 3.00 bits per heavy atom. The van der Waals surface area contributed by atoms with Crippen molar-refractivity contribution in [1.82, 2.24) is 19.9 Å². The van der Waals surface area contributed by atoms with E-state index in [1.807, 2.05) is 6.07 Å². The number of H-pyrrole nitrogens is 1. The predicted molar refractivity (Wildman–Crippen MR) is 103 cm³/mol. The third-order valence-corrected chi connectivity index (χ3v) is 4.86. The van der Waals surface area contributed by atoms with Gasteiger partial charge in [0.1, 0.15) is 17.8 Å². The molecule has 0 atom stereocenters. The number of aromatic amines is 1. The quantitative estimate of drug-likeness (QED) is 0.507. The number of esters is 1. The van der Waals surface area contributed by atoms with Crippen molar-refractivity contribution in [2.75, 3.05) is 51.8 Å². The molecule has 3 aromatic rings. The third-order valence-electron chi connectivity index (χ3n) is 4.86. The number of carbonyl (C=O) groups excluding carboxylic acids is 1. The molecule has 0 bridgehead atoms. The van der Waals surface area contributed by atoms with Gasteiger partial charge < -0.3 is 19.8 Å². The summed E-state index contributed by atoms with van der Waals surface area (Å²) >= 11 is 0. The largest absolute Gasteiger partial charge is 0.465 e. The van der Waals surface area contributed by atoms with Crippen molar-refractivity contribution in [3.63, 3.8) is 0 Å². The zero-order valence-electron chi connectivity index (χ0n) is 15.3. The molecule has 0 radical (unpaired) electrons. The van der Waals surface area contributed by atoms with E-state index in [1.54, 1.807) is 18.5 Å². The van der Waals surface area contributed by atoms with E-state index in [2.05, 4.69) is 25.2 Å². The van der Waals surface area contributed by atoms with Gasteiger partial charge in [-0.1, -0.05) is 6.07 Å². The van der Waals surface area contributed by atoms with Gasteiger partial charge in [0.25, 0.3) is 0 Å². The highest BCUT2D eigenvalue weighted by atomic mass is 16.5. The highest BCUT2D eigenvalue weighted by Gasteiger charge is 2.14. The second kappa shape index (κ2) is 7.89. The molecule has 27 heavy (non-hydrogen) atoms. The van der Waals surface area contributed by atoms with Gasteiger partial charge >= 0.3 is 5.97 Å². The first kappa shape index (κ1) is 17.7. The molecule has 0 aliphatic carbocycles. The summed E-state index contributed by atoms with van der Waals surface area (Å²) in [6.07, 6.45) is 2.57. The van der Waals surface area contributed by atoms with E-state index in [9.17, 15) is 4.79 Å². The third kappa shape index (κ3) is 3.72. The molecule has 2 aromatic heterocycles. The van der Waals surface area contributed by atoms with Gasteiger partial charge in [-0.15, -0.1) is 0 Å². The average Bonchev–Trinajstić information content (AvgIpc) is 3.09. The van der Waals surface area contributed by atoms with Crippen LogP contribution < -0.4 is 5.32 Å². The molecule has 1 aromatic carbocycles. The Bertz CT molecular complexity index is 949. The summed E-state index contributed by atoms with van der Waals surface area (Å²) in [5.41, 5.74) is 2.09. The Morgan fingerprint density at radius 2 is 2.19 bits per heavy atom. The van der Waals surface area contributed by atoms with E-state index in [0.717, 1.165) is 73.6 Å². The Hall–Kier alpha value is -2.71. The molecule has 1 fully saturated rings. The van der Waals surface area contributed by atoms with Gasteiger partial charge in [0.05, 0.1) is 31.3 Å². The lowest BCUT2D eigenvalue weighted by atomic mass is 10.1. The lowest BCUT2D eigenvalue weighted by molar-refractivity contribution is 0.0378. The molecule has 0 amide bonds. The average molecular weight is 369 g/mol. The Kier molecular flexibility index (Phi) is 5.17. The summed E-state index contributed by atoms with van der Waals surface area (Å²) in [6, 6.07) is 5.45. The lowest BCUT2D eigenvalue weighted by Gasteiger charge is -2.26. The maximum Gasteiger partial charge on any atom is 0.337 e. The van der Waals surface area contributed by atoms with Crippen LogP contribution >= 0.6 is 0 Å². The first-order valence-electron chi connectivity index (χ1n) is 9.15. The molecule has 1 aliphatic rings. The van der Waals surface area contributed by atoms with Crippen molar-refractivity contribution in [1.29, 1.82) is 0 Å². The van der Waals surface area contributed by atoms with Crippen LogP contribution in [0.2, 0.25) is 0 Å². The molecule has 0 unspecified atom stereocenters. The number of carbonyl (C=O) groups is 1. The predicted octanol–water partition coefficient (Wildman–Crippen LogP) is 2.03. The molecule has 3 heterocycles. The van der Waals surface area contributed by atoms with Crippen LogP contribution in [0.3, 0.4) is 0 Å². The number of methoxy groups -OCH3 is 1. The molecule has 1 aliphatic heterocycles. The number of rotatable bonds is 6. The maximum atomic E-state index is 11.8. The molecular weight excluding hydrogens is 346 g/mol. The second-order valence-electron chi connectivity index (χ2n) is 6.56. The summed E-state index contributed by atoms with van der Waals surface area (Å²) < 4.78 is 10.2. The van der Waals surface area contributed by atoms with Crippen LogP contribution in [-0.2, 0) is 9.47 Å². The number of aromatic nitrogens is 3. The number of hydrogen-bond donors (Lipinski definition) is 2. The highest BCUT2D eigenvalue weighted by molar-refractivity contribution is 6.12. The van der Waals surface area contributed by atoms with Gasteiger partial charge in [-0.05, 0) is 25.1 Å². The van der Waals surface area contributed by atoms with Crippen LogP contribution in [0, 0.1) is 0 Å². The van der Waals surface area contributed by atoms with Crippen molar-refractivity contribution in [2.45, 2.75) is 6.42 Å². The maximum absolute atomic E-state index is 11.8. The number of hydrogen-bond acceptors (Lipinski definition) is 7. The zero-order chi connectivity index (χ0) is 18.6. The SMILES string of the molecule is COC(=O)c1ccc2c(c1)[nH]c1ncnc(NCCCN3CCOCC3)c12. The van der Waals surface area contributed by atoms with Gasteiger partial charge in [-0.2, -0.15) is 0 Å². The summed E-state index contributed by atoms with van der Waals surface area (Å²) in [5.74, 6) is 0.446.